The van der Waals surface area contributed by atoms with Gasteiger partial charge in [-0.2, -0.15) is 0 Å². The van der Waals surface area contributed by atoms with E-state index in [-0.39, 0.29) is 0 Å². The molecule has 1 heterocycles. The second-order valence-electron chi connectivity index (χ2n) is 5.55. The third kappa shape index (κ3) is 3.33. The minimum absolute atomic E-state index is 1.08. The maximum absolute atomic E-state index is 11.2. The predicted molar refractivity (Wildman–Crippen MR) is 66.5 cm³/mol. The Labute approximate surface area is 139 Å². The maximum Gasteiger partial charge on any atom is 0.453 e. The van der Waals surface area contributed by atoms with Gasteiger partial charge in [-0.3, -0.25) is 15.3 Å². The van der Waals surface area contributed by atoms with E-state index in [1.807, 2.05) is 0 Å². The van der Waals surface area contributed by atoms with Gasteiger partial charge in [0.05, 0.1) is 0 Å². The van der Waals surface area contributed by atoms with Crippen LogP contribution in [0.5, 0.6) is 0 Å². The van der Waals surface area contributed by atoms with Crippen LogP contribution in [0.25, 0.3) is 0 Å². The molecular weight excluding hydrogens is 354 g/mol. The zero-order valence-corrected chi connectivity index (χ0v) is 12.5. The number of aliphatic hydroxyl groups is 10. The second kappa shape index (κ2) is 6.38. The fourth-order valence-electron chi connectivity index (χ4n) is 2.74. The molecule has 146 valence electrons. The topological polar surface area (TPSA) is 252 Å². The second-order valence-corrected chi connectivity index (χ2v) is 5.55. The van der Waals surface area contributed by atoms with Gasteiger partial charge in [0.2, 0.25) is 6.23 Å². The highest BCUT2D eigenvalue weighted by Crippen LogP contribution is 2.53. The number of aliphatic hydroxyl groups excluding tert-OH is 2. The lowest BCUT2D eigenvalue weighted by molar-refractivity contribution is -1.25. The standard InChI is InChI=1S/C11H19NO13/c1-4(13)2-5(25-8(17)7(15)16)6(14)12(11(22,23)24)9(18,19)3-10(12,20)21/h5-7,14-16,18-24H,1-3H2. The van der Waals surface area contributed by atoms with Crippen molar-refractivity contribution in [2.24, 2.45) is 0 Å². The van der Waals surface area contributed by atoms with Crippen molar-refractivity contribution in [3.8, 4) is 0 Å². The Hall–Kier alpha value is -1.43. The Morgan fingerprint density at radius 1 is 1.16 bits per heavy atom. The van der Waals surface area contributed by atoms with E-state index in [0.29, 0.717) is 0 Å². The molecule has 1 aliphatic heterocycles. The van der Waals surface area contributed by atoms with Crippen LogP contribution < -0.4 is 5.11 Å². The van der Waals surface area contributed by atoms with Crippen molar-refractivity contribution >= 4 is 5.97 Å². The molecule has 1 rings (SSSR count). The third-order valence-electron chi connectivity index (χ3n) is 3.71. The number of carbonyl (C=O) groups is 1. The molecule has 1 fully saturated rings. The Bertz CT molecular complexity index is 505. The molecule has 1 saturated heterocycles. The van der Waals surface area contributed by atoms with Gasteiger partial charge in [-0.25, -0.2) is 4.79 Å². The zero-order valence-electron chi connectivity index (χ0n) is 12.5. The average Bonchev–Trinajstić information content (AvgIpc) is 2.32. The highest BCUT2D eigenvalue weighted by atomic mass is 16.8. The Morgan fingerprint density at radius 3 is 1.88 bits per heavy atom. The lowest BCUT2D eigenvalue weighted by Gasteiger charge is -2.63. The Kier molecular flexibility index (Phi) is 5.52. The molecule has 0 amide bonds. The van der Waals surface area contributed by atoms with Crippen molar-refractivity contribution in [2.75, 3.05) is 0 Å². The number of quaternary nitrogens is 1. The molecule has 0 saturated carbocycles. The van der Waals surface area contributed by atoms with Crippen molar-refractivity contribution in [1.29, 1.82) is 0 Å². The van der Waals surface area contributed by atoms with Gasteiger partial charge in [0, 0.05) is 6.42 Å². The van der Waals surface area contributed by atoms with E-state index < -0.39 is 65.6 Å². The molecule has 0 aromatic rings. The number of esters is 1. The number of rotatable bonds is 7. The van der Waals surface area contributed by atoms with Gasteiger partial charge in [-0.1, -0.05) is 0 Å². The zero-order chi connectivity index (χ0) is 20.0. The Balaban J connectivity index is 3.41. The van der Waals surface area contributed by atoms with Crippen LogP contribution in [-0.2, 0) is 9.53 Å². The Morgan fingerprint density at radius 2 is 1.60 bits per heavy atom. The van der Waals surface area contributed by atoms with E-state index in [9.17, 15) is 50.8 Å². The molecule has 10 N–H and O–H groups in total. The van der Waals surface area contributed by atoms with Crippen LogP contribution in [0.2, 0.25) is 0 Å². The van der Waals surface area contributed by atoms with Gasteiger partial charge in [-0.15, -0.1) is 16.8 Å². The molecule has 0 aromatic heterocycles. The normalized spacial score (nSPS) is 23.5. The molecule has 2 atom stereocenters. The van der Waals surface area contributed by atoms with Gasteiger partial charge in [0.1, 0.15) is 0 Å². The summed E-state index contributed by atoms with van der Waals surface area (Å²) in [4.78, 5) is 11.2. The molecule has 14 nitrogen and oxygen atoms in total. The van der Waals surface area contributed by atoms with E-state index in [4.69, 9.17) is 10.2 Å². The molecule has 0 spiro atoms. The highest BCUT2D eigenvalue weighted by molar-refractivity contribution is 5.72. The lowest BCUT2D eigenvalue weighted by atomic mass is 9.93. The van der Waals surface area contributed by atoms with Crippen LogP contribution in [0, 0.1) is 0 Å². The van der Waals surface area contributed by atoms with Gasteiger partial charge in [0.25, 0.3) is 6.29 Å². The first kappa shape index (κ1) is 21.6. The molecule has 0 bridgehead atoms. The van der Waals surface area contributed by atoms with E-state index in [0.717, 1.165) is 0 Å². The van der Waals surface area contributed by atoms with Crippen molar-refractivity contribution in [1.82, 2.24) is 0 Å². The summed E-state index contributed by atoms with van der Waals surface area (Å²) in [5.74, 6) is -10.1. The van der Waals surface area contributed by atoms with E-state index in [1.54, 1.807) is 0 Å². The molecule has 0 aliphatic carbocycles. The largest absolute Gasteiger partial charge is 0.876 e. The summed E-state index contributed by atoms with van der Waals surface area (Å²) in [6.45, 7) is 2.86. The number of ether oxygens (including phenoxy) is 1. The van der Waals surface area contributed by atoms with Crippen LogP contribution in [-0.4, -0.2) is 98.1 Å². The van der Waals surface area contributed by atoms with Crippen LogP contribution >= 0.6 is 0 Å². The molecule has 2 unspecified atom stereocenters. The lowest BCUT2D eigenvalue weighted by Crippen LogP contribution is -2.96. The number of hydrogen-bond acceptors (Lipinski definition) is 13. The van der Waals surface area contributed by atoms with Crippen LogP contribution in [0.15, 0.2) is 12.3 Å². The summed E-state index contributed by atoms with van der Waals surface area (Å²) in [5, 5.41) is 106. The fraction of sp³-hybridized carbons (Fsp3) is 0.727. The molecule has 0 radical (unpaired) electrons. The first-order valence-corrected chi connectivity index (χ1v) is 6.56. The van der Waals surface area contributed by atoms with Crippen LogP contribution in [0.3, 0.4) is 0 Å². The van der Waals surface area contributed by atoms with Gasteiger partial charge in [-0.05, 0) is 0 Å². The van der Waals surface area contributed by atoms with E-state index in [1.165, 1.54) is 0 Å². The van der Waals surface area contributed by atoms with E-state index in [2.05, 4.69) is 11.3 Å². The average molecular weight is 373 g/mol. The van der Waals surface area contributed by atoms with Crippen molar-refractivity contribution < 1.29 is 70.2 Å². The third-order valence-corrected chi connectivity index (χ3v) is 3.71. The molecular formula is C11H19NO13. The summed E-state index contributed by atoms with van der Waals surface area (Å²) in [5.41, 5.74) is 0. The monoisotopic (exact) mass is 373 g/mol. The molecule has 1 aliphatic rings. The van der Waals surface area contributed by atoms with Crippen LogP contribution in [0.4, 0.5) is 0 Å². The van der Waals surface area contributed by atoms with Gasteiger partial charge in [0.15, 0.2) is 12.5 Å². The quantitative estimate of drug-likeness (QED) is 0.0862. The fourth-order valence-corrected chi connectivity index (χ4v) is 2.74. The van der Waals surface area contributed by atoms with Gasteiger partial charge >= 0.3 is 23.9 Å². The first-order chi connectivity index (χ1) is 11.0. The first-order valence-electron chi connectivity index (χ1n) is 6.56. The minimum atomic E-state index is -4.43. The van der Waals surface area contributed by atoms with Crippen molar-refractivity contribution in [3.05, 3.63) is 12.3 Å². The van der Waals surface area contributed by atoms with E-state index >= 15 is 0 Å². The summed E-state index contributed by atoms with van der Waals surface area (Å²) in [6.07, 6.45) is -15.0. The number of nitrogens with zero attached hydrogens (tertiary/aromatic N) is 1. The SMILES string of the molecule is C=C([O-])CC(OC(=O)C(O)O)C(O)[N+]1(C(O)(O)O)C(O)(O)CC1(O)O. The van der Waals surface area contributed by atoms with Crippen molar-refractivity contribution in [2.45, 2.75) is 49.4 Å². The van der Waals surface area contributed by atoms with Crippen LogP contribution in [0.1, 0.15) is 12.8 Å². The molecule has 25 heavy (non-hydrogen) atoms. The summed E-state index contributed by atoms with van der Waals surface area (Å²) < 4.78 is 1.39. The minimum Gasteiger partial charge on any atom is -0.876 e. The predicted octanol–water partition coefficient (Wildman–Crippen LogP) is -7.12. The summed E-state index contributed by atoms with van der Waals surface area (Å²) >= 11 is 0. The highest BCUT2D eigenvalue weighted by Gasteiger charge is 2.87. The molecule has 14 heteroatoms. The van der Waals surface area contributed by atoms with Gasteiger partial charge < -0.3 is 45.6 Å². The summed E-state index contributed by atoms with van der Waals surface area (Å²) in [6, 6.07) is 0. The number of carbonyl (C=O) groups excluding carboxylic acids is 1. The summed E-state index contributed by atoms with van der Waals surface area (Å²) in [7, 11) is 0. The number of likely N-dealkylation sites (tertiary alicyclic amines) is 1. The smallest absolute Gasteiger partial charge is 0.453 e. The van der Waals surface area contributed by atoms with Crippen molar-refractivity contribution in [3.63, 3.8) is 0 Å². The maximum atomic E-state index is 11.2. The molecule has 0 aromatic carbocycles. The number of hydrogen-bond donors (Lipinski definition) is 10.